The van der Waals surface area contributed by atoms with Gasteiger partial charge in [-0.2, -0.15) is 18.3 Å². The number of thiazole rings is 1. The van der Waals surface area contributed by atoms with Crippen molar-refractivity contribution in [1.82, 2.24) is 25.0 Å². The van der Waals surface area contributed by atoms with Crippen molar-refractivity contribution in [3.05, 3.63) is 93.2 Å². The summed E-state index contributed by atoms with van der Waals surface area (Å²) in [5.41, 5.74) is 2.51. The highest BCUT2D eigenvalue weighted by molar-refractivity contribution is 7.09. The number of alkyl halides is 3. The molecular weight excluding hydrogens is 553 g/mol. The van der Waals surface area contributed by atoms with E-state index >= 15 is 0 Å². The molecule has 1 saturated heterocycles. The van der Waals surface area contributed by atoms with Crippen LogP contribution >= 0.6 is 11.3 Å². The van der Waals surface area contributed by atoms with Gasteiger partial charge in [-0.15, -0.1) is 11.3 Å². The summed E-state index contributed by atoms with van der Waals surface area (Å²) in [7, 11) is 0. The zero-order valence-electron chi connectivity index (χ0n) is 22.3. The first-order valence-electron chi connectivity index (χ1n) is 13.0. The molecule has 1 fully saturated rings. The van der Waals surface area contributed by atoms with Crippen LogP contribution in [0.2, 0.25) is 0 Å². The van der Waals surface area contributed by atoms with Crippen LogP contribution in [0.15, 0.2) is 60.0 Å². The van der Waals surface area contributed by atoms with Crippen LogP contribution in [0, 0.1) is 19.3 Å². The number of amides is 2. The summed E-state index contributed by atoms with van der Waals surface area (Å²) >= 11 is 1.37. The van der Waals surface area contributed by atoms with Crippen LogP contribution in [-0.2, 0) is 6.18 Å². The van der Waals surface area contributed by atoms with E-state index in [1.807, 2.05) is 13.0 Å². The molecule has 41 heavy (non-hydrogen) atoms. The van der Waals surface area contributed by atoms with E-state index in [9.17, 15) is 22.8 Å². The third-order valence-corrected chi connectivity index (χ3v) is 8.03. The van der Waals surface area contributed by atoms with Crippen molar-refractivity contribution in [2.75, 3.05) is 13.1 Å². The van der Waals surface area contributed by atoms with Crippen LogP contribution in [0.1, 0.15) is 61.6 Å². The summed E-state index contributed by atoms with van der Waals surface area (Å²) in [4.78, 5) is 32.4. The van der Waals surface area contributed by atoms with Crippen LogP contribution in [0.5, 0.6) is 0 Å². The standard InChI is InChI=1S/C29H27F3N6O2S/c1-17-15-18(2)38(36-17)28(33)35-25(39)24-16-41-26(34-24)20-11-13-37(14-12-20)27(40)23-6-4-3-5-22(23)19-7-9-21(10-8-19)29(30,31)32/h3-10,15-16,20H,11-14H2,1-2H3,(H2,33,35,39). The highest BCUT2D eigenvalue weighted by atomic mass is 32.1. The van der Waals surface area contributed by atoms with Crippen LogP contribution in [0.25, 0.3) is 11.1 Å². The Hall–Kier alpha value is -4.32. The van der Waals surface area contributed by atoms with Crippen LogP contribution in [-0.4, -0.2) is 50.5 Å². The molecule has 0 spiro atoms. The molecule has 0 aliphatic carbocycles. The van der Waals surface area contributed by atoms with Gasteiger partial charge in [-0.3, -0.25) is 20.3 Å². The van der Waals surface area contributed by atoms with E-state index in [1.165, 1.54) is 28.2 Å². The molecule has 4 aromatic rings. The molecule has 2 N–H and O–H groups in total. The number of likely N-dealkylation sites (tertiary alicyclic amines) is 1. The fraction of sp³-hybridized carbons (Fsp3) is 0.276. The van der Waals surface area contributed by atoms with Gasteiger partial charge >= 0.3 is 6.18 Å². The second kappa shape index (κ2) is 11.3. The molecule has 1 aliphatic heterocycles. The van der Waals surface area contributed by atoms with Gasteiger partial charge in [0.15, 0.2) is 0 Å². The second-order valence-corrected chi connectivity index (χ2v) is 10.8. The minimum absolute atomic E-state index is 0.0752. The van der Waals surface area contributed by atoms with Crippen molar-refractivity contribution < 1.29 is 22.8 Å². The van der Waals surface area contributed by atoms with Crippen molar-refractivity contribution in [3.63, 3.8) is 0 Å². The quantitative estimate of drug-likeness (QED) is 0.233. The van der Waals surface area contributed by atoms with Gasteiger partial charge in [-0.05, 0) is 62.1 Å². The Labute approximate surface area is 238 Å². The van der Waals surface area contributed by atoms with Crippen molar-refractivity contribution in [2.24, 2.45) is 0 Å². The largest absolute Gasteiger partial charge is 0.416 e. The number of carbonyl (C=O) groups excluding carboxylic acids is 2. The topological polar surface area (TPSA) is 104 Å². The second-order valence-electron chi connectivity index (χ2n) is 9.90. The van der Waals surface area contributed by atoms with E-state index in [0.717, 1.165) is 28.5 Å². The Balaban J connectivity index is 1.22. The molecule has 12 heteroatoms. The molecule has 212 valence electrons. The van der Waals surface area contributed by atoms with Crippen LogP contribution in [0.4, 0.5) is 13.2 Å². The molecule has 0 saturated carbocycles. The van der Waals surface area contributed by atoms with E-state index in [2.05, 4.69) is 15.4 Å². The molecular formula is C29H27F3N6O2S. The van der Waals surface area contributed by atoms with E-state index in [1.54, 1.807) is 41.5 Å². The lowest BCUT2D eigenvalue weighted by Gasteiger charge is -2.31. The number of carbonyl (C=O) groups is 2. The molecule has 0 radical (unpaired) electrons. The monoisotopic (exact) mass is 580 g/mol. The van der Waals surface area contributed by atoms with Crippen LogP contribution < -0.4 is 5.32 Å². The molecule has 2 aromatic heterocycles. The SMILES string of the molecule is Cc1cc(C)n(C(=N)NC(=O)c2csc(C3CCN(C(=O)c4ccccc4-c4ccc(C(F)(F)F)cc4)CC3)n2)n1. The number of hydrogen-bond acceptors (Lipinski definition) is 6. The molecule has 1 aliphatic rings. The average Bonchev–Trinajstić information content (AvgIpc) is 3.59. The first kappa shape index (κ1) is 28.2. The lowest BCUT2D eigenvalue weighted by molar-refractivity contribution is -0.137. The number of halogens is 3. The molecule has 5 rings (SSSR count). The fourth-order valence-electron chi connectivity index (χ4n) is 4.92. The normalized spacial score (nSPS) is 14.2. The van der Waals surface area contributed by atoms with E-state index in [4.69, 9.17) is 5.41 Å². The van der Waals surface area contributed by atoms with Crippen molar-refractivity contribution in [2.45, 2.75) is 38.8 Å². The van der Waals surface area contributed by atoms with E-state index < -0.39 is 17.6 Å². The van der Waals surface area contributed by atoms with Crippen molar-refractivity contribution >= 4 is 29.1 Å². The van der Waals surface area contributed by atoms with Gasteiger partial charge in [0.25, 0.3) is 11.8 Å². The zero-order valence-corrected chi connectivity index (χ0v) is 23.1. The maximum Gasteiger partial charge on any atom is 0.416 e. The number of aryl methyl sites for hydroxylation is 2. The fourth-order valence-corrected chi connectivity index (χ4v) is 5.89. The maximum atomic E-state index is 13.5. The summed E-state index contributed by atoms with van der Waals surface area (Å²) in [6.45, 7) is 4.57. The maximum absolute atomic E-state index is 13.5. The number of aromatic nitrogens is 3. The first-order chi connectivity index (χ1) is 19.5. The molecule has 2 aromatic carbocycles. The third-order valence-electron chi connectivity index (χ3n) is 7.02. The predicted octanol–water partition coefficient (Wildman–Crippen LogP) is 5.87. The molecule has 3 heterocycles. The predicted molar refractivity (Wildman–Crippen MR) is 149 cm³/mol. The van der Waals surface area contributed by atoms with Gasteiger partial charge in [0, 0.05) is 35.6 Å². The number of nitrogens with zero attached hydrogens (tertiary/aromatic N) is 4. The average molecular weight is 581 g/mol. The Morgan fingerprint density at radius 2 is 1.73 bits per heavy atom. The van der Waals surface area contributed by atoms with E-state index in [0.29, 0.717) is 42.6 Å². The van der Waals surface area contributed by atoms with Gasteiger partial charge in [0.2, 0.25) is 5.96 Å². The number of piperidine rings is 1. The Bertz CT molecular complexity index is 1600. The molecule has 0 unspecified atom stereocenters. The third kappa shape index (κ3) is 6.07. The van der Waals surface area contributed by atoms with Gasteiger partial charge in [0.05, 0.1) is 16.3 Å². The minimum atomic E-state index is -4.43. The van der Waals surface area contributed by atoms with Crippen molar-refractivity contribution in [1.29, 1.82) is 5.41 Å². The summed E-state index contributed by atoms with van der Waals surface area (Å²) in [5, 5.41) is 17.4. The summed E-state index contributed by atoms with van der Waals surface area (Å²) in [6, 6.07) is 13.5. The van der Waals surface area contributed by atoms with Gasteiger partial charge in [0.1, 0.15) is 5.69 Å². The lowest BCUT2D eigenvalue weighted by atomic mass is 9.94. The Morgan fingerprint density at radius 1 is 1.05 bits per heavy atom. The number of benzene rings is 2. The first-order valence-corrected chi connectivity index (χ1v) is 13.8. The summed E-state index contributed by atoms with van der Waals surface area (Å²) < 4.78 is 40.3. The van der Waals surface area contributed by atoms with Gasteiger partial charge in [-0.1, -0.05) is 30.3 Å². The highest BCUT2D eigenvalue weighted by Gasteiger charge is 2.31. The molecule has 2 amide bonds. The minimum Gasteiger partial charge on any atom is -0.339 e. The lowest BCUT2D eigenvalue weighted by Crippen LogP contribution is -2.38. The highest BCUT2D eigenvalue weighted by Crippen LogP contribution is 2.34. The number of rotatable bonds is 4. The molecule has 0 atom stereocenters. The molecule has 8 nitrogen and oxygen atoms in total. The molecule has 0 bridgehead atoms. The zero-order chi connectivity index (χ0) is 29.3. The van der Waals surface area contributed by atoms with Gasteiger partial charge < -0.3 is 4.90 Å². The number of hydrogen-bond donors (Lipinski definition) is 2. The summed E-state index contributed by atoms with van der Waals surface area (Å²) in [5.74, 6) is -0.747. The number of nitrogens with one attached hydrogen (secondary N) is 2. The van der Waals surface area contributed by atoms with Gasteiger partial charge in [-0.25, -0.2) is 9.67 Å². The van der Waals surface area contributed by atoms with E-state index in [-0.39, 0.29) is 23.5 Å². The van der Waals surface area contributed by atoms with Crippen LogP contribution in [0.3, 0.4) is 0 Å². The smallest absolute Gasteiger partial charge is 0.339 e. The Morgan fingerprint density at radius 3 is 2.37 bits per heavy atom. The summed E-state index contributed by atoms with van der Waals surface area (Å²) in [6.07, 6.45) is -3.11. The van der Waals surface area contributed by atoms with Crippen molar-refractivity contribution in [3.8, 4) is 11.1 Å². The Kier molecular flexibility index (Phi) is 7.76.